The summed E-state index contributed by atoms with van der Waals surface area (Å²) in [5.74, 6) is 0.227. The summed E-state index contributed by atoms with van der Waals surface area (Å²) in [5.41, 5.74) is 2.47. The molecule has 0 spiro atoms. The van der Waals surface area contributed by atoms with Gasteiger partial charge in [-0.3, -0.25) is 0 Å². The molecule has 0 amide bonds. The molecule has 0 aliphatic heterocycles. The molecule has 1 aromatic carbocycles. The van der Waals surface area contributed by atoms with Crippen LogP contribution in [-0.4, -0.2) is 37.3 Å². The standard InChI is InChI=1S/C12H19NO/c1-10-4-6-11(7-5-10)12(9-14)8-13(2)3/h4-7,12,14H,8-9H2,1-3H3. The Bertz CT molecular complexity index is 266. The third-order valence-electron chi connectivity index (χ3n) is 2.35. The second-order valence-corrected chi connectivity index (χ2v) is 4.05. The van der Waals surface area contributed by atoms with Gasteiger partial charge in [-0.15, -0.1) is 0 Å². The SMILES string of the molecule is Cc1ccc(C(CO)CN(C)C)cc1. The van der Waals surface area contributed by atoms with E-state index in [4.69, 9.17) is 0 Å². The molecule has 2 nitrogen and oxygen atoms in total. The summed E-state index contributed by atoms with van der Waals surface area (Å²) < 4.78 is 0. The Morgan fingerprint density at radius 1 is 1.21 bits per heavy atom. The summed E-state index contributed by atoms with van der Waals surface area (Å²) in [7, 11) is 4.05. The number of nitrogens with zero attached hydrogens (tertiary/aromatic N) is 1. The Hall–Kier alpha value is -0.860. The summed E-state index contributed by atoms with van der Waals surface area (Å²) in [6.07, 6.45) is 0. The fourth-order valence-electron chi connectivity index (χ4n) is 1.55. The molecule has 0 saturated heterocycles. The second-order valence-electron chi connectivity index (χ2n) is 4.05. The summed E-state index contributed by atoms with van der Waals surface area (Å²) >= 11 is 0. The molecule has 1 unspecified atom stereocenters. The van der Waals surface area contributed by atoms with Crippen LogP contribution in [0.25, 0.3) is 0 Å². The van der Waals surface area contributed by atoms with Crippen molar-refractivity contribution in [3.05, 3.63) is 35.4 Å². The van der Waals surface area contributed by atoms with Gasteiger partial charge in [0, 0.05) is 12.5 Å². The highest BCUT2D eigenvalue weighted by molar-refractivity contribution is 5.24. The molecule has 1 N–H and O–H groups in total. The first-order valence-electron chi connectivity index (χ1n) is 4.95. The van der Waals surface area contributed by atoms with Crippen LogP contribution in [0.1, 0.15) is 17.0 Å². The van der Waals surface area contributed by atoms with Gasteiger partial charge in [0.2, 0.25) is 0 Å². The zero-order valence-corrected chi connectivity index (χ0v) is 9.20. The quantitative estimate of drug-likeness (QED) is 0.785. The van der Waals surface area contributed by atoms with E-state index in [0.717, 1.165) is 6.54 Å². The largest absolute Gasteiger partial charge is 0.396 e. The highest BCUT2D eigenvalue weighted by Gasteiger charge is 2.10. The van der Waals surface area contributed by atoms with Crippen molar-refractivity contribution in [2.45, 2.75) is 12.8 Å². The molecule has 14 heavy (non-hydrogen) atoms. The predicted molar refractivity (Wildman–Crippen MR) is 59.6 cm³/mol. The molecule has 0 saturated carbocycles. The van der Waals surface area contributed by atoms with Crippen LogP contribution in [0.5, 0.6) is 0 Å². The lowest BCUT2D eigenvalue weighted by Crippen LogP contribution is -2.22. The summed E-state index contributed by atoms with van der Waals surface area (Å²) in [6.45, 7) is 3.17. The van der Waals surface area contributed by atoms with Crippen LogP contribution in [0.3, 0.4) is 0 Å². The van der Waals surface area contributed by atoms with Crippen LogP contribution >= 0.6 is 0 Å². The van der Waals surface area contributed by atoms with E-state index in [1.165, 1.54) is 11.1 Å². The lowest BCUT2D eigenvalue weighted by molar-refractivity contribution is 0.235. The molecule has 0 bridgehead atoms. The highest BCUT2D eigenvalue weighted by atomic mass is 16.3. The maximum atomic E-state index is 9.27. The Balaban J connectivity index is 2.73. The van der Waals surface area contributed by atoms with E-state index in [9.17, 15) is 5.11 Å². The number of hydrogen-bond donors (Lipinski definition) is 1. The molecule has 0 radical (unpaired) electrons. The van der Waals surface area contributed by atoms with Gasteiger partial charge in [-0.2, -0.15) is 0 Å². The Morgan fingerprint density at radius 2 is 1.79 bits per heavy atom. The first-order chi connectivity index (χ1) is 6.63. The predicted octanol–water partition coefficient (Wildman–Crippen LogP) is 1.63. The van der Waals surface area contributed by atoms with Crippen molar-refractivity contribution in [1.29, 1.82) is 0 Å². The minimum atomic E-state index is 0.210. The van der Waals surface area contributed by atoms with Gasteiger partial charge in [0.05, 0.1) is 6.61 Å². The number of likely N-dealkylation sites (N-methyl/N-ethyl adjacent to an activating group) is 1. The molecule has 0 heterocycles. The zero-order valence-electron chi connectivity index (χ0n) is 9.20. The fraction of sp³-hybridized carbons (Fsp3) is 0.500. The van der Waals surface area contributed by atoms with Crippen LogP contribution < -0.4 is 0 Å². The fourth-order valence-corrected chi connectivity index (χ4v) is 1.55. The van der Waals surface area contributed by atoms with Gasteiger partial charge in [0.25, 0.3) is 0 Å². The molecule has 78 valence electrons. The lowest BCUT2D eigenvalue weighted by Gasteiger charge is -2.19. The van der Waals surface area contributed by atoms with Gasteiger partial charge in [-0.25, -0.2) is 0 Å². The lowest BCUT2D eigenvalue weighted by atomic mass is 9.98. The molecular weight excluding hydrogens is 174 g/mol. The van der Waals surface area contributed by atoms with E-state index in [-0.39, 0.29) is 12.5 Å². The second kappa shape index (κ2) is 5.13. The monoisotopic (exact) mass is 193 g/mol. The smallest absolute Gasteiger partial charge is 0.0512 e. The van der Waals surface area contributed by atoms with Crippen LogP contribution in [0.15, 0.2) is 24.3 Å². The zero-order chi connectivity index (χ0) is 10.6. The topological polar surface area (TPSA) is 23.5 Å². The van der Waals surface area contributed by atoms with Gasteiger partial charge >= 0.3 is 0 Å². The van der Waals surface area contributed by atoms with Crippen molar-refractivity contribution in [3.8, 4) is 0 Å². The third-order valence-corrected chi connectivity index (χ3v) is 2.35. The minimum absolute atomic E-state index is 0.210. The van der Waals surface area contributed by atoms with Crippen LogP contribution in [0.2, 0.25) is 0 Å². The minimum Gasteiger partial charge on any atom is -0.396 e. The van der Waals surface area contributed by atoms with Gasteiger partial charge < -0.3 is 10.0 Å². The van der Waals surface area contributed by atoms with Crippen molar-refractivity contribution in [1.82, 2.24) is 4.90 Å². The van der Waals surface area contributed by atoms with Gasteiger partial charge in [0.15, 0.2) is 0 Å². The summed E-state index contributed by atoms with van der Waals surface area (Å²) in [4.78, 5) is 2.10. The molecule has 0 aromatic heterocycles. The number of hydrogen-bond acceptors (Lipinski definition) is 2. The van der Waals surface area contributed by atoms with Crippen molar-refractivity contribution in [2.75, 3.05) is 27.2 Å². The van der Waals surface area contributed by atoms with Crippen molar-refractivity contribution < 1.29 is 5.11 Å². The van der Waals surface area contributed by atoms with Crippen LogP contribution in [0, 0.1) is 6.92 Å². The molecule has 1 rings (SSSR count). The normalized spacial score (nSPS) is 13.2. The van der Waals surface area contributed by atoms with E-state index in [0.29, 0.717) is 0 Å². The van der Waals surface area contributed by atoms with Crippen molar-refractivity contribution in [3.63, 3.8) is 0 Å². The molecule has 0 fully saturated rings. The van der Waals surface area contributed by atoms with E-state index >= 15 is 0 Å². The maximum absolute atomic E-state index is 9.27. The average Bonchev–Trinajstić information content (AvgIpc) is 2.15. The molecule has 1 atom stereocenters. The number of aryl methyl sites for hydroxylation is 1. The van der Waals surface area contributed by atoms with Gasteiger partial charge in [-0.1, -0.05) is 29.8 Å². The molecule has 0 aliphatic carbocycles. The van der Waals surface area contributed by atoms with Gasteiger partial charge in [-0.05, 0) is 26.6 Å². The maximum Gasteiger partial charge on any atom is 0.0512 e. The number of rotatable bonds is 4. The Labute approximate surface area is 86.2 Å². The number of aliphatic hydroxyl groups excluding tert-OH is 1. The average molecular weight is 193 g/mol. The Kier molecular flexibility index (Phi) is 4.11. The number of benzene rings is 1. The highest BCUT2D eigenvalue weighted by Crippen LogP contribution is 2.16. The molecule has 1 aromatic rings. The van der Waals surface area contributed by atoms with E-state index in [1.807, 2.05) is 14.1 Å². The molecule has 0 aliphatic rings. The number of aliphatic hydroxyl groups is 1. The van der Waals surface area contributed by atoms with Crippen LogP contribution in [-0.2, 0) is 0 Å². The summed E-state index contributed by atoms with van der Waals surface area (Å²) in [6, 6.07) is 8.38. The Morgan fingerprint density at radius 3 is 2.21 bits per heavy atom. The van der Waals surface area contributed by atoms with Gasteiger partial charge in [0.1, 0.15) is 0 Å². The molecule has 2 heteroatoms. The van der Waals surface area contributed by atoms with Crippen molar-refractivity contribution >= 4 is 0 Å². The summed E-state index contributed by atoms with van der Waals surface area (Å²) in [5, 5.41) is 9.27. The first-order valence-corrected chi connectivity index (χ1v) is 4.95. The van der Waals surface area contributed by atoms with Crippen LogP contribution in [0.4, 0.5) is 0 Å². The van der Waals surface area contributed by atoms with E-state index < -0.39 is 0 Å². The third kappa shape index (κ3) is 3.13. The van der Waals surface area contributed by atoms with E-state index in [1.54, 1.807) is 0 Å². The van der Waals surface area contributed by atoms with E-state index in [2.05, 4.69) is 36.1 Å². The molecular formula is C12H19NO. The first kappa shape index (κ1) is 11.2. The van der Waals surface area contributed by atoms with Crippen molar-refractivity contribution in [2.24, 2.45) is 0 Å².